The van der Waals surface area contributed by atoms with Gasteiger partial charge in [-0.2, -0.15) is 0 Å². The molecule has 0 heterocycles. The van der Waals surface area contributed by atoms with E-state index in [9.17, 15) is 4.79 Å². The van der Waals surface area contributed by atoms with Crippen LogP contribution in [-0.2, 0) is 4.79 Å². The van der Waals surface area contributed by atoms with Crippen molar-refractivity contribution >= 4 is 12.0 Å². The molecule has 0 bridgehead atoms. The zero-order valence-corrected chi connectivity index (χ0v) is 14.4. The second kappa shape index (κ2) is 6.91. The molecule has 2 aromatic carbocycles. The van der Waals surface area contributed by atoms with Gasteiger partial charge in [-0.05, 0) is 80.6 Å². The molecule has 0 aromatic heterocycles. The highest BCUT2D eigenvalue weighted by atomic mass is 16.5. The lowest BCUT2D eigenvalue weighted by Crippen LogP contribution is -2.25. The first-order valence-corrected chi connectivity index (χ1v) is 8.36. The third kappa shape index (κ3) is 4.05. The quantitative estimate of drug-likeness (QED) is 0.805. The molecule has 3 rings (SSSR count). The van der Waals surface area contributed by atoms with Gasteiger partial charge in [0.05, 0.1) is 0 Å². The topological polar surface area (TPSA) is 38.3 Å². The molecule has 0 saturated heterocycles. The Morgan fingerprint density at radius 2 is 1.83 bits per heavy atom. The van der Waals surface area contributed by atoms with Gasteiger partial charge >= 0.3 is 0 Å². The van der Waals surface area contributed by atoms with E-state index in [1.165, 1.54) is 0 Å². The monoisotopic (exact) mass is 321 g/mol. The minimum Gasteiger partial charge on any atom is -0.457 e. The van der Waals surface area contributed by atoms with Gasteiger partial charge in [-0.1, -0.05) is 18.2 Å². The molecular formula is C21H23NO2. The molecule has 2 aromatic rings. The molecule has 0 radical (unpaired) electrons. The van der Waals surface area contributed by atoms with Crippen LogP contribution in [0, 0.1) is 13.8 Å². The van der Waals surface area contributed by atoms with Crippen molar-refractivity contribution < 1.29 is 9.53 Å². The molecule has 3 heteroatoms. The van der Waals surface area contributed by atoms with Gasteiger partial charge in [0, 0.05) is 11.6 Å². The Labute approximate surface area is 143 Å². The summed E-state index contributed by atoms with van der Waals surface area (Å²) >= 11 is 0. The van der Waals surface area contributed by atoms with E-state index in [2.05, 4.69) is 11.4 Å². The fraction of sp³-hybridized carbons (Fsp3) is 0.286. The fourth-order valence-electron chi connectivity index (χ4n) is 2.52. The first-order chi connectivity index (χ1) is 11.5. The maximum absolute atomic E-state index is 12.1. The van der Waals surface area contributed by atoms with E-state index in [1.54, 1.807) is 0 Å². The van der Waals surface area contributed by atoms with Crippen LogP contribution < -0.4 is 10.1 Å². The average Bonchev–Trinajstić information content (AvgIpc) is 3.37. The Morgan fingerprint density at radius 3 is 2.50 bits per heavy atom. The lowest BCUT2D eigenvalue weighted by Gasteiger charge is -2.12. The highest BCUT2D eigenvalue weighted by molar-refractivity contribution is 5.97. The van der Waals surface area contributed by atoms with Crippen molar-refractivity contribution in [2.45, 2.75) is 39.7 Å². The highest BCUT2D eigenvalue weighted by Crippen LogP contribution is 2.29. The molecule has 0 atom stereocenters. The van der Waals surface area contributed by atoms with E-state index in [0.29, 0.717) is 6.04 Å². The van der Waals surface area contributed by atoms with Crippen LogP contribution in [0.1, 0.15) is 36.5 Å². The predicted molar refractivity (Wildman–Crippen MR) is 97.2 cm³/mol. The molecule has 24 heavy (non-hydrogen) atoms. The van der Waals surface area contributed by atoms with Gasteiger partial charge in [0.2, 0.25) is 5.91 Å². The highest BCUT2D eigenvalue weighted by Gasteiger charge is 2.23. The summed E-state index contributed by atoms with van der Waals surface area (Å²) in [5.74, 6) is 1.69. The maximum Gasteiger partial charge on any atom is 0.247 e. The van der Waals surface area contributed by atoms with Crippen molar-refractivity contribution in [2.75, 3.05) is 0 Å². The maximum atomic E-state index is 12.1. The first kappa shape index (κ1) is 16.3. The molecule has 1 saturated carbocycles. The average molecular weight is 321 g/mol. The van der Waals surface area contributed by atoms with Gasteiger partial charge in [0.15, 0.2) is 0 Å². The van der Waals surface area contributed by atoms with Crippen LogP contribution in [0.3, 0.4) is 0 Å². The Bertz CT molecular complexity index is 774. The van der Waals surface area contributed by atoms with E-state index < -0.39 is 0 Å². The van der Waals surface area contributed by atoms with Gasteiger partial charge in [-0.3, -0.25) is 4.79 Å². The van der Waals surface area contributed by atoms with Crippen molar-refractivity contribution in [3.63, 3.8) is 0 Å². The summed E-state index contributed by atoms with van der Waals surface area (Å²) in [4.78, 5) is 12.1. The number of carbonyl (C=O) groups excluding carboxylic acids is 1. The zero-order chi connectivity index (χ0) is 17.1. The SMILES string of the molecule is C/C(=C\c1cc(C)c(Oc2ccccc2)cc1C)C(=O)NC1CC1. The molecule has 124 valence electrons. The van der Waals surface area contributed by atoms with Crippen LogP contribution in [0.5, 0.6) is 11.5 Å². The summed E-state index contributed by atoms with van der Waals surface area (Å²) in [6.45, 7) is 5.92. The summed E-state index contributed by atoms with van der Waals surface area (Å²) in [5.41, 5.74) is 3.92. The number of ether oxygens (including phenoxy) is 1. The van der Waals surface area contributed by atoms with Gasteiger partial charge in [0.25, 0.3) is 0 Å². The van der Waals surface area contributed by atoms with Crippen LogP contribution in [0.15, 0.2) is 48.0 Å². The summed E-state index contributed by atoms with van der Waals surface area (Å²) in [6.07, 6.45) is 4.15. The fourth-order valence-corrected chi connectivity index (χ4v) is 2.52. The lowest BCUT2D eigenvalue weighted by atomic mass is 10.0. The number of amides is 1. The molecule has 1 aliphatic rings. The molecule has 3 nitrogen and oxygen atoms in total. The Hall–Kier alpha value is -2.55. The normalized spacial score (nSPS) is 14.4. The summed E-state index contributed by atoms with van der Waals surface area (Å²) in [6, 6.07) is 14.2. The van der Waals surface area contributed by atoms with Gasteiger partial charge in [-0.15, -0.1) is 0 Å². The van der Waals surface area contributed by atoms with Crippen molar-refractivity contribution in [2.24, 2.45) is 0 Å². The second-order valence-electron chi connectivity index (χ2n) is 6.46. The number of rotatable bonds is 5. The van der Waals surface area contributed by atoms with Crippen molar-refractivity contribution in [1.29, 1.82) is 0 Å². The number of carbonyl (C=O) groups is 1. The van der Waals surface area contributed by atoms with Crippen LogP contribution in [0.4, 0.5) is 0 Å². The number of hydrogen-bond acceptors (Lipinski definition) is 2. The molecule has 1 fully saturated rings. The third-order valence-corrected chi connectivity index (χ3v) is 4.18. The van der Waals surface area contributed by atoms with Gasteiger partial charge < -0.3 is 10.1 Å². The Kier molecular flexibility index (Phi) is 4.70. The predicted octanol–water partition coefficient (Wildman–Crippen LogP) is 4.78. The lowest BCUT2D eigenvalue weighted by molar-refractivity contribution is -0.117. The van der Waals surface area contributed by atoms with E-state index in [1.807, 2.05) is 63.2 Å². The molecule has 0 aliphatic heterocycles. The molecular weight excluding hydrogens is 298 g/mol. The van der Waals surface area contributed by atoms with E-state index in [4.69, 9.17) is 4.74 Å². The van der Waals surface area contributed by atoms with Crippen molar-refractivity contribution in [1.82, 2.24) is 5.32 Å². The summed E-state index contributed by atoms with van der Waals surface area (Å²) in [7, 11) is 0. The van der Waals surface area contributed by atoms with Crippen molar-refractivity contribution in [3.05, 3.63) is 64.7 Å². The van der Waals surface area contributed by atoms with Crippen LogP contribution >= 0.6 is 0 Å². The van der Waals surface area contributed by atoms with E-state index in [-0.39, 0.29) is 5.91 Å². The Balaban J connectivity index is 1.80. The molecule has 1 aliphatic carbocycles. The second-order valence-corrected chi connectivity index (χ2v) is 6.46. The number of aryl methyl sites for hydroxylation is 2. The Morgan fingerprint density at radius 1 is 1.12 bits per heavy atom. The number of benzene rings is 2. The molecule has 1 amide bonds. The number of nitrogens with one attached hydrogen (secondary N) is 1. The van der Waals surface area contributed by atoms with Gasteiger partial charge in [0.1, 0.15) is 11.5 Å². The minimum atomic E-state index is 0.0270. The molecule has 1 N–H and O–H groups in total. The molecule has 0 spiro atoms. The van der Waals surface area contributed by atoms with E-state index >= 15 is 0 Å². The van der Waals surface area contributed by atoms with Crippen molar-refractivity contribution in [3.8, 4) is 11.5 Å². The van der Waals surface area contributed by atoms with E-state index in [0.717, 1.165) is 46.6 Å². The smallest absolute Gasteiger partial charge is 0.247 e. The van der Waals surface area contributed by atoms with Gasteiger partial charge in [-0.25, -0.2) is 0 Å². The van der Waals surface area contributed by atoms with Crippen LogP contribution in [-0.4, -0.2) is 11.9 Å². The summed E-state index contributed by atoms with van der Waals surface area (Å²) < 4.78 is 5.96. The standard InChI is InChI=1S/C21H23NO2/c1-14-13-20(24-19-7-5-4-6-8-19)15(2)11-17(14)12-16(3)21(23)22-18-9-10-18/h4-8,11-13,18H,9-10H2,1-3H3,(H,22,23)/b16-12+. The minimum absolute atomic E-state index is 0.0270. The zero-order valence-electron chi connectivity index (χ0n) is 14.4. The first-order valence-electron chi connectivity index (χ1n) is 8.36. The number of para-hydroxylation sites is 1. The largest absolute Gasteiger partial charge is 0.457 e. The van der Waals surface area contributed by atoms with Crippen LogP contribution in [0.2, 0.25) is 0 Å². The third-order valence-electron chi connectivity index (χ3n) is 4.18. The molecule has 0 unspecified atom stereocenters. The van der Waals surface area contributed by atoms with Crippen LogP contribution in [0.25, 0.3) is 6.08 Å². The number of hydrogen-bond donors (Lipinski definition) is 1. The summed E-state index contributed by atoms with van der Waals surface area (Å²) in [5, 5.41) is 3.02.